The summed E-state index contributed by atoms with van der Waals surface area (Å²) >= 11 is 0. The second kappa shape index (κ2) is 10.8. The molecule has 0 bridgehead atoms. The van der Waals surface area contributed by atoms with Gasteiger partial charge in [-0.05, 0) is 61.1 Å². The molecule has 9 heteroatoms. The molecule has 1 fully saturated rings. The monoisotopic (exact) mass is 488 g/mol. The topological polar surface area (TPSA) is 89.4 Å². The highest BCUT2D eigenvalue weighted by atomic mass is 19.1. The van der Waals surface area contributed by atoms with Gasteiger partial charge in [-0.3, -0.25) is 13.6 Å². The van der Waals surface area contributed by atoms with E-state index in [-0.39, 0.29) is 17.9 Å². The normalized spacial score (nSPS) is 13.2. The summed E-state index contributed by atoms with van der Waals surface area (Å²) in [6, 6.07) is 11.7. The van der Waals surface area contributed by atoms with Crippen molar-refractivity contribution in [2.24, 2.45) is 0 Å². The van der Waals surface area contributed by atoms with E-state index in [1.165, 1.54) is 0 Å². The number of rotatable bonds is 12. The Morgan fingerprint density at radius 1 is 1.17 bits per heavy atom. The van der Waals surface area contributed by atoms with Crippen molar-refractivity contribution >= 4 is 17.2 Å². The molecule has 3 heterocycles. The highest BCUT2D eigenvalue weighted by Crippen LogP contribution is 2.38. The number of aromatic nitrogens is 5. The Labute approximate surface area is 208 Å². The first-order chi connectivity index (χ1) is 17.6. The zero-order valence-electron chi connectivity index (χ0n) is 20.1. The van der Waals surface area contributed by atoms with Crippen LogP contribution in [0.4, 0.5) is 10.1 Å². The fourth-order valence-corrected chi connectivity index (χ4v) is 4.21. The van der Waals surface area contributed by atoms with Crippen LogP contribution in [0.3, 0.4) is 0 Å². The van der Waals surface area contributed by atoms with E-state index in [0.717, 1.165) is 66.8 Å². The van der Waals surface area contributed by atoms with Crippen molar-refractivity contribution < 1.29 is 13.7 Å². The lowest BCUT2D eigenvalue weighted by Crippen LogP contribution is -2.33. The van der Waals surface area contributed by atoms with Crippen molar-refractivity contribution in [2.45, 2.75) is 50.9 Å². The van der Waals surface area contributed by atoms with Gasteiger partial charge in [0.2, 0.25) is 5.89 Å². The van der Waals surface area contributed by atoms with Crippen molar-refractivity contribution in [2.75, 3.05) is 18.1 Å². The van der Waals surface area contributed by atoms with Crippen LogP contribution in [0.1, 0.15) is 56.2 Å². The molecule has 0 atom stereocenters. The molecule has 36 heavy (non-hydrogen) atoms. The van der Waals surface area contributed by atoms with E-state index in [0.29, 0.717) is 18.4 Å². The minimum Gasteiger partial charge on any atom is -0.339 e. The lowest BCUT2D eigenvalue weighted by atomic mass is 10.0. The second-order valence-corrected chi connectivity index (χ2v) is 9.19. The summed E-state index contributed by atoms with van der Waals surface area (Å²) in [6.07, 6.45) is 9.16. The Kier molecular flexibility index (Phi) is 7.16. The lowest BCUT2D eigenvalue weighted by molar-refractivity contribution is -0.115. The van der Waals surface area contributed by atoms with Gasteiger partial charge >= 0.3 is 0 Å². The smallest absolute Gasteiger partial charge is 0.253 e. The molecular formula is C27H29FN6O2. The third-order valence-corrected chi connectivity index (χ3v) is 6.43. The number of alkyl halides is 1. The molecule has 186 valence electrons. The Morgan fingerprint density at radius 2 is 2.03 bits per heavy atom. The summed E-state index contributed by atoms with van der Waals surface area (Å²) in [4.78, 5) is 19.4. The van der Waals surface area contributed by atoms with Crippen LogP contribution in [0, 0.1) is 0 Å². The van der Waals surface area contributed by atoms with Crippen LogP contribution in [0.2, 0.25) is 0 Å². The standard InChI is InChI=1S/C27H29FN6O2/c1-19(11-13-28)27(35)34(14-4-2-3-8-25-30-26(32-36-25)20-9-10-20)23-7-5-6-21(16-23)22-12-15-33-18-29-31-24(33)17-22/h5-7,12,15-18,20H,1-4,8-11,13-14H2. The Balaban J connectivity index is 1.26. The largest absolute Gasteiger partial charge is 0.339 e. The molecule has 3 aromatic heterocycles. The van der Waals surface area contributed by atoms with Crippen LogP contribution in [-0.4, -0.2) is 43.9 Å². The number of carbonyl (C=O) groups excluding carboxylic acids is 1. The van der Waals surface area contributed by atoms with E-state index in [2.05, 4.69) is 26.9 Å². The molecule has 0 unspecified atom stereocenters. The summed E-state index contributed by atoms with van der Waals surface area (Å²) < 4.78 is 20.2. The van der Waals surface area contributed by atoms with Crippen LogP contribution in [0.25, 0.3) is 16.8 Å². The number of carbonyl (C=O) groups is 1. The zero-order chi connectivity index (χ0) is 24.9. The number of halogens is 1. The van der Waals surface area contributed by atoms with Crippen LogP contribution in [-0.2, 0) is 11.2 Å². The third kappa shape index (κ3) is 5.50. The summed E-state index contributed by atoms with van der Waals surface area (Å²) in [5.74, 6) is 1.74. The molecule has 1 aromatic carbocycles. The number of fused-ring (bicyclic) bond motifs is 1. The predicted molar refractivity (Wildman–Crippen MR) is 134 cm³/mol. The quantitative estimate of drug-likeness (QED) is 0.198. The summed E-state index contributed by atoms with van der Waals surface area (Å²) in [7, 11) is 0. The molecule has 0 aliphatic heterocycles. The molecule has 1 aliphatic carbocycles. The van der Waals surface area contributed by atoms with Crippen molar-refractivity contribution in [3.63, 3.8) is 0 Å². The van der Waals surface area contributed by atoms with Gasteiger partial charge in [0.25, 0.3) is 5.91 Å². The van der Waals surface area contributed by atoms with E-state index in [1.54, 1.807) is 11.2 Å². The first-order valence-corrected chi connectivity index (χ1v) is 12.4. The molecule has 0 N–H and O–H groups in total. The molecule has 4 aromatic rings. The number of amides is 1. The average Bonchev–Trinajstić information content (AvgIpc) is 3.45. The highest BCUT2D eigenvalue weighted by molar-refractivity contribution is 6.05. The number of unbranched alkanes of at least 4 members (excludes halogenated alkanes) is 2. The molecule has 8 nitrogen and oxygen atoms in total. The number of anilines is 1. The lowest BCUT2D eigenvalue weighted by Gasteiger charge is -2.24. The Bertz CT molecular complexity index is 1360. The van der Waals surface area contributed by atoms with Gasteiger partial charge in [0.15, 0.2) is 11.5 Å². The Hall–Kier alpha value is -3.88. The molecule has 0 spiro atoms. The minimum absolute atomic E-state index is 0.0268. The van der Waals surface area contributed by atoms with E-state index >= 15 is 0 Å². The van der Waals surface area contributed by atoms with Gasteiger partial charge in [-0.2, -0.15) is 4.98 Å². The molecule has 5 rings (SSSR count). The zero-order valence-corrected chi connectivity index (χ0v) is 20.1. The Morgan fingerprint density at radius 3 is 2.86 bits per heavy atom. The number of hydrogen-bond acceptors (Lipinski definition) is 6. The number of benzene rings is 1. The summed E-state index contributed by atoms with van der Waals surface area (Å²) in [5.41, 5.74) is 3.69. The van der Waals surface area contributed by atoms with Gasteiger partial charge in [-0.25, -0.2) is 0 Å². The number of pyridine rings is 1. The van der Waals surface area contributed by atoms with Crippen molar-refractivity contribution in [1.29, 1.82) is 0 Å². The van der Waals surface area contributed by atoms with Gasteiger partial charge in [0, 0.05) is 42.8 Å². The van der Waals surface area contributed by atoms with Crippen LogP contribution in [0.5, 0.6) is 0 Å². The highest BCUT2D eigenvalue weighted by Gasteiger charge is 2.28. The van der Waals surface area contributed by atoms with Crippen LogP contribution < -0.4 is 4.90 Å². The van der Waals surface area contributed by atoms with Gasteiger partial charge < -0.3 is 9.42 Å². The van der Waals surface area contributed by atoms with Crippen LogP contribution >= 0.6 is 0 Å². The molecule has 0 saturated heterocycles. The predicted octanol–water partition coefficient (Wildman–Crippen LogP) is 5.32. The number of hydrogen-bond donors (Lipinski definition) is 0. The van der Waals surface area contributed by atoms with Crippen molar-refractivity contribution in [3.8, 4) is 11.1 Å². The number of nitrogens with zero attached hydrogens (tertiary/aromatic N) is 6. The van der Waals surface area contributed by atoms with E-state index in [9.17, 15) is 9.18 Å². The molecule has 1 amide bonds. The summed E-state index contributed by atoms with van der Waals surface area (Å²) in [5, 5.41) is 12.1. The fraction of sp³-hybridized carbons (Fsp3) is 0.370. The molecule has 1 saturated carbocycles. The van der Waals surface area contributed by atoms with Crippen molar-refractivity contribution in [1.82, 2.24) is 24.7 Å². The SMILES string of the molecule is C=C(CCF)C(=O)N(CCCCCc1nc(C2CC2)no1)c1cccc(-c2ccn3cnnc3c2)c1. The first-order valence-electron chi connectivity index (χ1n) is 12.4. The van der Waals surface area contributed by atoms with Gasteiger partial charge in [-0.15, -0.1) is 10.2 Å². The first kappa shape index (κ1) is 23.8. The molecule has 0 radical (unpaired) electrons. The summed E-state index contributed by atoms with van der Waals surface area (Å²) in [6.45, 7) is 3.73. The third-order valence-electron chi connectivity index (χ3n) is 6.43. The molecule has 1 aliphatic rings. The van der Waals surface area contributed by atoms with E-state index in [1.807, 2.05) is 47.0 Å². The van der Waals surface area contributed by atoms with Gasteiger partial charge in [0.05, 0.1) is 6.67 Å². The van der Waals surface area contributed by atoms with Gasteiger partial charge in [-0.1, -0.05) is 30.3 Å². The van der Waals surface area contributed by atoms with E-state index < -0.39 is 6.67 Å². The second-order valence-electron chi connectivity index (χ2n) is 9.19. The maximum absolute atomic E-state index is 13.2. The van der Waals surface area contributed by atoms with Crippen LogP contribution in [0.15, 0.2) is 65.6 Å². The molecular weight excluding hydrogens is 459 g/mol. The maximum Gasteiger partial charge on any atom is 0.253 e. The average molecular weight is 489 g/mol. The fourth-order valence-electron chi connectivity index (χ4n) is 4.21. The van der Waals surface area contributed by atoms with Gasteiger partial charge in [0.1, 0.15) is 6.33 Å². The van der Waals surface area contributed by atoms with Crippen molar-refractivity contribution in [3.05, 3.63) is 72.8 Å². The number of aryl methyl sites for hydroxylation is 1. The maximum atomic E-state index is 13.2. The minimum atomic E-state index is -0.607. The van der Waals surface area contributed by atoms with E-state index in [4.69, 9.17) is 4.52 Å².